The van der Waals surface area contributed by atoms with Crippen LogP contribution in [0.4, 0.5) is 18.9 Å². The molecule has 1 saturated carbocycles. The van der Waals surface area contributed by atoms with Gasteiger partial charge < -0.3 is 34.7 Å². The Morgan fingerprint density at radius 1 is 1.00 bits per heavy atom. The number of amides is 1. The van der Waals surface area contributed by atoms with Gasteiger partial charge in [0.2, 0.25) is 5.91 Å². The minimum absolute atomic E-state index is 0.0177. The number of alkyl halides is 2. The van der Waals surface area contributed by atoms with Crippen molar-refractivity contribution in [3.8, 4) is 11.5 Å². The lowest BCUT2D eigenvalue weighted by Gasteiger charge is -2.33. The molecule has 0 unspecified atom stereocenters. The zero-order valence-electron chi connectivity index (χ0n) is 24.5. The number of rotatable bonds is 8. The highest BCUT2D eigenvalue weighted by Crippen LogP contribution is 2.46. The van der Waals surface area contributed by atoms with Crippen LogP contribution in [0.5, 0.6) is 11.5 Å². The van der Waals surface area contributed by atoms with E-state index in [1.807, 2.05) is 13.8 Å². The molecule has 1 aliphatic carbocycles. The third kappa shape index (κ3) is 6.21. The molecule has 1 atom stereocenters. The summed E-state index contributed by atoms with van der Waals surface area (Å²) in [5, 5.41) is 33.1. The Labute approximate surface area is 248 Å². The molecule has 1 fully saturated rings. The molecule has 234 valence electrons. The molecule has 3 aromatic rings. The van der Waals surface area contributed by atoms with Gasteiger partial charge in [0.15, 0.2) is 11.5 Å². The summed E-state index contributed by atoms with van der Waals surface area (Å²) >= 11 is 0. The Kier molecular flexibility index (Phi) is 8.70. The van der Waals surface area contributed by atoms with Crippen LogP contribution in [0.15, 0.2) is 36.4 Å². The van der Waals surface area contributed by atoms with Gasteiger partial charge >= 0.3 is 6.29 Å². The van der Waals surface area contributed by atoms with Crippen molar-refractivity contribution in [2.75, 3.05) is 18.5 Å². The monoisotopic (exact) mass is 604 g/mol. The fourth-order valence-corrected chi connectivity index (χ4v) is 6.31. The van der Waals surface area contributed by atoms with E-state index < -0.39 is 41.6 Å². The fraction of sp³-hybridized carbons (Fsp3) is 0.531. The molecule has 0 bridgehead atoms. The van der Waals surface area contributed by atoms with Gasteiger partial charge in [-0.25, -0.2) is 4.39 Å². The first kappa shape index (κ1) is 31.2. The van der Waals surface area contributed by atoms with Crippen LogP contribution in [-0.4, -0.2) is 51.4 Å². The highest BCUT2D eigenvalue weighted by molar-refractivity contribution is 6.01. The molecule has 43 heavy (non-hydrogen) atoms. The summed E-state index contributed by atoms with van der Waals surface area (Å²) in [5.74, 6) is -1.39. The average Bonchev–Trinajstić information content (AvgIpc) is 3.51. The highest BCUT2D eigenvalue weighted by atomic mass is 19.3. The van der Waals surface area contributed by atoms with Gasteiger partial charge in [-0.3, -0.25) is 4.79 Å². The third-order valence-corrected chi connectivity index (χ3v) is 8.78. The van der Waals surface area contributed by atoms with Crippen LogP contribution >= 0.6 is 0 Å². The van der Waals surface area contributed by atoms with E-state index in [4.69, 9.17) is 4.74 Å². The number of nitrogens with one attached hydrogen (secondary N) is 1. The molecular formula is C32H39F3N2O6. The number of nitrogens with zero attached hydrogens (tertiary/aromatic N) is 1. The zero-order valence-corrected chi connectivity index (χ0v) is 24.5. The van der Waals surface area contributed by atoms with Gasteiger partial charge in [0.25, 0.3) is 0 Å². The molecule has 0 spiro atoms. The first-order chi connectivity index (χ1) is 20.4. The second-order valence-electron chi connectivity index (χ2n) is 12.4. The van der Waals surface area contributed by atoms with Crippen LogP contribution in [-0.2, 0) is 22.2 Å². The quantitative estimate of drug-likeness (QED) is 0.261. The second kappa shape index (κ2) is 12.0. The number of carbonyl (C=O) groups excluding carboxylic acids is 1. The zero-order chi connectivity index (χ0) is 31.0. The molecule has 1 aromatic heterocycles. The molecule has 2 aliphatic rings. The summed E-state index contributed by atoms with van der Waals surface area (Å²) in [6.07, 6.45) is 1.35. The summed E-state index contributed by atoms with van der Waals surface area (Å²) in [7, 11) is 0. The Morgan fingerprint density at radius 2 is 1.65 bits per heavy atom. The number of halogens is 3. The number of benzene rings is 2. The maximum atomic E-state index is 15.7. The van der Waals surface area contributed by atoms with E-state index in [1.54, 1.807) is 16.7 Å². The number of ether oxygens (including phenoxy) is 2. The molecule has 11 heteroatoms. The first-order valence-corrected chi connectivity index (χ1v) is 14.8. The van der Waals surface area contributed by atoms with Crippen molar-refractivity contribution in [2.24, 2.45) is 0 Å². The number of fused-ring (bicyclic) bond motifs is 2. The van der Waals surface area contributed by atoms with Gasteiger partial charge in [-0.15, -0.1) is 8.78 Å². The molecule has 5 rings (SSSR count). The summed E-state index contributed by atoms with van der Waals surface area (Å²) in [4.78, 5) is 14.2. The number of hydrogen-bond donors (Lipinski definition) is 4. The van der Waals surface area contributed by atoms with Gasteiger partial charge in [0, 0.05) is 22.6 Å². The van der Waals surface area contributed by atoms with Crippen LogP contribution < -0.4 is 14.8 Å². The van der Waals surface area contributed by atoms with Gasteiger partial charge in [-0.2, -0.15) is 0 Å². The van der Waals surface area contributed by atoms with Crippen molar-refractivity contribution in [1.82, 2.24) is 4.57 Å². The largest absolute Gasteiger partial charge is 0.586 e. The molecule has 1 amide bonds. The van der Waals surface area contributed by atoms with E-state index in [1.165, 1.54) is 24.3 Å². The lowest BCUT2D eigenvalue weighted by atomic mass is 9.72. The number of hydrogen-bond acceptors (Lipinski definition) is 6. The maximum absolute atomic E-state index is 15.7. The van der Waals surface area contributed by atoms with Crippen molar-refractivity contribution in [3.05, 3.63) is 53.5 Å². The van der Waals surface area contributed by atoms with Crippen molar-refractivity contribution >= 4 is 22.5 Å². The normalized spacial score (nSPS) is 19.0. The van der Waals surface area contributed by atoms with E-state index in [0.29, 0.717) is 35.0 Å². The van der Waals surface area contributed by atoms with Gasteiger partial charge in [-0.05, 0) is 42.7 Å². The van der Waals surface area contributed by atoms with Crippen molar-refractivity contribution in [3.63, 3.8) is 0 Å². The Bertz CT molecular complexity index is 1480. The lowest BCUT2D eigenvalue weighted by molar-refractivity contribution is -0.286. The average molecular weight is 605 g/mol. The van der Waals surface area contributed by atoms with Crippen LogP contribution in [0.1, 0.15) is 76.5 Å². The van der Waals surface area contributed by atoms with Crippen molar-refractivity contribution in [1.29, 1.82) is 0 Å². The number of aliphatic hydroxyl groups excluding tert-OH is 3. The Morgan fingerprint density at radius 3 is 2.30 bits per heavy atom. The van der Waals surface area contributed by atoms with Gasteiger partial charge in [-0.1, -0.05) is 58.4 Å². The minimum atomic E-state index is -3.79. The number of anilines is 1. The van der Waals surface area contributed by atoms with E-state index in [9.17, 15) is 28.9 Å². The van der Waals surface area contributed by atoms with E-state index >= 15 is 4.39 Å². The number of aliphatic hydroxyl groups is 3. The van der Waals surface area contributed by atoms with E-state index in [0.717, 1.165) is 38.5 Å². The molecule has 4 N–H and O–H groups in total. The fourth-order valence-electron chi connectivity index (χ4n) is 6.31. The third-order valence-electron chi connectivity index (χ3n) is 8.78. The van der Waals surface area contributed by atoms with Crippen LogP contribution in [0.2, 0.25) is 0 Å². The maximum Gasteiger partial charge on any atom is 0.586 e. The predicted octanol–water partition coefficient (Wildman–Crippen LogP) is 5.74. The van der Waals surface area contributed by atoms with Crippen LogP contribution in [0, 0.1) is 5.82 Å². The van der Waals surface area contributed by atoms with Crippen molar-refractivity contribution < 1.29 is 42.8 Å². The number of aromatic nitrogens is 1. The first-order valence-electron chi connectivity index (χ1n) is 14.8. The predicted molar refractivity (Wildman–Crippen MR) is 155 cm³/mol. The summed E-state index contributed by atoms with van der Waals surface area (Å²) < 4.78 is 54.3. The molecule has 8 nitrogen and oxygen atoms in total. The van der Waals surface area contributed by atoms with Gasteiger partial charge in [0.1, 0.15) is 5.82 Å². The van der Waals surface area contributed by atoms with Gasteiger partial charge in [0.05, 0.1) is 42.5 Å². The smallest absolute Gasteiger partial charge is 0.395 e. The highest BCUT2D eigenvalue weighted by Gasteiger charge is 2.46. The second-order valence-corrected chi connectivity index (χ2v) is 12.4. The van der Waals surface area contributed by atoms with E-state index in [2.05, 4.69) is 10.1 Å². The molecule has 0 saturated heterocycles. The lowest BCUT2D eigenvalue weighted by Crippen LogP contribution is -2.40. The van der Waals surface area contributed by atoms with Crippen LogP contribution in [0.25, 0.3) is 10.9 Å². The summed E-state index contributed by atoms with van der Waals surface area (Å²) in [5.41, 5.74) is -0.338. The summed E-state index contributed by atoms with van der Waals surface area (Å²) in [6.45, 7) is 2.90. The minimum Gasteiger partial charge on any atom is -0.395 e. The topological polar surface area (TPSA) is 113 Å². The summed E-state index contributed by atoms with van der Waals surface area (Å²) in [6, 6.07) is 8.99. The van der Waals surface area contributed by atoms with Crippen molar-refractivity contribution in [2.45, 2.75) is 95.0 Å². The SMILES string of the molecule is CC(C)(CO)c1cc2cc(NC(=O)C3(c4ccc5c(c4)OC(F)(F)O5)CCCCCCCC3)c(F)cc2n1C[C@@H](O)CO. The molecular weight excluding hydrogens is 565 g/mol. The molecule has 1 aliphatic heterocycles. The number of carbonyl (C=O) groups is 1. The standard InChI is InChI=1S/C32H39F3N2O6/c1-30(2,19-39)28-14-20-13-24(23(33)16-25(20)37(28)17-22(40)18-38)36-29(41)31(11-7-5-3-4-6-8-12-31)21-9-10-26-27(15-21)43-32(34,35)42-26/h9-10,13-16,22,38-40H,3-8,11-12,17-19H2,1-2H3,(H,36,41)/t22-/m1/s1. The molecule has 2 aromatic carbocycles. The van der Waals surface area contributed by atoms with E-state index in [-0.39, 0.29) is 30.3 Å². The Balaban J connectivity index is 1.55. The van der Waals surface area contributed by atoms with Crippen LogP contribution in [0.3, 0.4) is 0 Å². The molecule has 0 radical (unpaired) electrons. The molecule has 2 heterocycles. The Hall–Kier alpha value is -3.28.